The van der Waals surface area contributed by atoms with Gasteiger partial charge in [-0.2, -0.15) is 0 Å². The summed E-state index contributed by atoms with van der Waals surface area (Å²) in [5.74, 6) is 0. The van der Waals surface area contributed by atoms with Gasteiger partial charge >= 0.3 is 88.7 Å². The van der Waals surface area contributed by atoms with Crippen LogP contribution in [0.4, 0.5) is 0 Å². The average Bonchev–Trinajstić information content (AvgIpc) is 0.722. The molecule has 0 radical (unpaired) electrons. The van der Waals surface area contributed by atoms with Crippen molar-refractivity contribution < 1.29 is 119 Å². The van der Waals surface area contributed by atoms with Crippen LogP contribution in [0.25, 0.3) is 0 Å². The Morgan fingerprint density at radius 1 is 0.909 bits per heavy atom. The van der Waals surface area contributed by atoms with Crippen LogP contribution in [-0.2, 0) is 25.5 Å². The topological polar surface area (TPSA) is 204 Å². The molecule has 0 aliphatic heterocycles. The molecule has 11 heteroatoms. The number of rotatable bonds is 0. The van der Waals surface area contributed by atoms with Gasteiger partial charge in [0.1, 0.15) is 0 Å². The smallest absolute Gasteiger partial charge is 1.00 e. The van der Waals surface area contributed by atoms with Crippen molar-refractivity contribution in [3.63, 3.8) is 0 Å². The van der Waals surface area contributed by atoms with E-state index in [1.165, 1.54) is 0 Å². The van der Waals surface area contributed by atoms with Crippen molar-refractivity contribution in [1.29, 1.82) is 0 Å². The van der Waals surface area contributed by atoms with Crippen molar-refractivity contribution >= 4 is 14.5 Å². The molecule has 0 rings (SSSR count). The minimum atomic E-state index is -5.12. The molecule has 11 N–H and O–H groups in total. The molecule has 0 heterocycles. The van der Waals surface area contributed by atoms with E-state index in [0.29, 0.717) is 0 Å². The fourth-order valence-electron chi connectivity index (χ4n) is 0. The minimum absolute atomic E-state index is 0. The van der Waals surface area contributed by atoms with Crippen molar-refractivity contribution in [3.05, 3.63) is 0 Å². The summed E-state index contributed by atoms with van der Waals surface area (Å²) in [6.45, 7) is 0. The molecule has 0 amide bonds. The molecule has 0 saturated heterocycles. The third-order valence-electron chi connectivity index (χ3n) is 0. The Balaban J connectivity index is -0.00000000381. The zero-order valence-corrected chi connectivity index (χ0v) is 14.1. The Labute approximate surface area is 131 Å². The van der Waals surface area contributed by atoms with Gasteiger partial charge in [0.15, 0.2) is 0 Å². The van der Waals surface area contributed by atoms with E-state index in [9.17, 15) is 0 Å². The Morgan fingerprint density at radius 3 is 0.909 bits per heavy atom. The van der Waals surface area contributed by atoms with Gasteiger partial charge in [-0.25, -0.2) is 0 Å². The summed E-state index contributed by atoms with van der Waals surface area (Å²) in [6, 6.07) is 0. The van der Waals surface area contributed by atoms with E-state index in [-0.39, 0.29) is 103 Å². The van der Waals surface area contributed by atoms with Gasteiger partial charge < -0.3 is 23.3 Å². The fourth-order valence-corrected chi connectivity index (χ4v) is 0. The van der Waals surface area contributed by atoms with Gasteiger partial charge in [-0.05, 0) is 0 Å². The number of hydrogen-bond donors (Lipinski definition) is 3. The van der Waals surface area contributed by atoms with Crippen molar-refractivity contribution in [2.45, 2.75) is 0 Å². The van der Waals surface area contributed by atoms with Gasteiger partial charge in [0.05, 0.1) is 0 Å². The van der Waals surface area contributed by atoms with Gasteiger partial charge in [0.2, 0.25) is 0 Å². The Kier molecular flexibility index (Phi) is 103. The molecule has 0 aliphatic rings. The average molecular weight is 348 g/mol. The van der Waals surface area contributed by atoms with E-state index in [1.807, 2.05) is 0 Å². The van der Waals surface area contributed by atoms with Crippen LogP contribution < -0.4 is 58.2 Å². The van der Waals surface area contributed by atoms with Crippen molar-refractivity contribution in [3.8, 4) is 0 Å². The molecule has 0 aromatic rings. The molecule has 8 nitrogen and oxygen atoms in total. The summed E-state index contributed by atoms with van der Waals surface area (Å²) in [6.07, 6.45) is 0. The van der Waals surface area contributed by atoms with Crippen LogP contribution in [0.2, 0.25) is 0 Å². The van der Waals surface area contributed by atoms with Crippen molar-refractivity contribution in [1.82, 2.24) is 0 Å². The van der Waals surface area contributed by atoms with Crippen LogP contribution in [-0.4, -0.2) is 48.7 Å². The Bertz CT molecular complexity index is 65.2. The molecule has 0 atom stereocenters. The molecular formula is H12AsO8RbTi. The summed E-state index contributed by atoms with van der Waals surface area (Å²) in [5.41, 5.74) is 0. The molecular weight excluding hydrogens is 336 g/mol. The zero-order chi connectivity index (χ0) is 4.50. The maximum absolute atomic E-state index is 8.94. The maximum atomic E-state index is 8.94. The third-order valence-corrected chi connectivity index (χ3v) is 0. The van der Waals surface area contributed by atoms with Gasteiger partial charge in [-0.3, -0.25) is 0 Å². The molecule has 70 valence electrons. The van der Waals surface area contributed by atoms with E-state index < -0.39 is 14.5 Å². The molecule has 0 unspecified atom stereocenters. The Hall–Kier alpha value is 2.60. The molecule has 0 aliphatic carbocycles. The Morgan fingerprint density at radius 2 is 0.909 bits per heavy atom. The molecule has 0 saturated carbocycles. The van der Waals surface area contributed by atoms with Crippen LogP contribution in [0.15, 0.2) is 0 Å². The SMILES string of the molecule is O.O.O.O.O=[As](O)(O)O.[H-].[Rb+].[Ti]. The van der Waals surface area contributed by atoms with Crippen molar-refractivity contribution in [2.24, 2.45) is 0 Å². The molecule has 0 fully saturated rings. The second-order valence-corrected chi connectivity index (χ2v) is 2.67. The predicted molar refractivity (Wildman–Crippen MR) is 28.7 cm³/mol. The van der Waals surface area contributed by atoms with Crippen LogP contribution in [0, 0.1) is 0 Å². The first-order chi connectivity index (χ1) is 2.00. The van der Waals surface area contributed by atoms with Crippen LogP contribution in [0.5, 0.6) is 0 Å². The molecule has 0 aromatic heterocycles. The first kappa shape index (κ1) is 49.6. The fraction of sp³-hybridized carbons (Fsp3) is 0. The monoisotopic (exact) mass is 348 g/mol. The second-order valence-electron chi connectivity index (χ2n) is 0.513. The van der Waals surface area contributed by atoms with E-state index in [4.69, 9.17) is 16.0 Å². The third kappa shape index (κ3) is 210. The summed E-state index contributed by atoms with van der Waals surface area (Å²) in [7, 11) is 0. The van der Waals surface area contributed by atoms with E-state index in [0.717, 1.165) is 0 Å². The van der Waals surface area contributed by atoms with Crippen LogP contribution in [0.1, 0.15) is 1.43 Å². The minimum Gasteiger partial charge on any atom is -1.00 e. The zero-order valence-electron chi connectivity index (χ0n) is 6.70. The quantitative estimate of drug-likeness (QED) is 0.365. The number of hydrogen-bond acceptors (Lipinski definition) is 1. The maximum Gasteiger partial charge on any atom is 1.00 e. The summed E-state index contributed by atoms with van der Waals surface area (Å²) < 4.78 is 30.7. The van der Waals surface area contributed by atoms with Crippen LogP contribution >= 0.6 is 0 Å². The van der Waals surface area contributed by atoms with Gasteiger partial charge in [0.25, 0.3) is 0 Å². The van der Waals surface area contributed by atoms with Gasteiger partial charge in [0, 0.05) is 21.7 Å². The summed E-state index contributed by atoms with van der Waals surface area (Å²) in [4.78, 5) is 0. The predicted octanol–water partition coefficient (Wildman–Crippen LogP) is -8.36. The molecule has 0 spiro atoms. The standard InChI is InChI=1S/AsH3O4.4H2O.Rb.Ti.H/c2-1(3,4)5;;;;;;;/h(H3,2,3,4,5);4*1H2;;;/q;;;;;+1;;-1. The van der Waals surface area contributed by atoms with E-state index in [2.05, 4.69) is 0 Å². The van der Waals surface area contributed by atoms with Crippen LogP contribution in [0.3, 0.4) is 0 Å². The first-order valence-corrected chi connectivity index (χ1v) is 4.07. The second kappa shape index (κ2) is 22.9. The van der Waals surface area contributed by atoms with Gasteiger partial charge in [-0.1, -0.05) is 0 Å². The van der Waals surface area contributed by atoms with Crippen molar-refractivity contribution in [2.75, 3.05) is 0 Å². The first-order valence-electron chi connectivity index (χ1n) is 0.783. The largest absolute Gasteiger partial charge is 1.00 e. The van der Waals surface area contributed by atoms with E-state index >= 15 is 0 Å². The summed E-state index contributed by atoms with van der Waals surface area (Å²) >= 11 is -5.12. The molecule has 0 aromatic carbocycles. The normalized spacial score (nSPS) is 5.36. The van der Waals surface area contributed by atoms with E-state index in [1.54, 1.807) is 0 Å². The van der Waals surface area contributed by atoms with Gasteiger partial charge in [-0.15, -0.1) is 0 Å². The summed E-state index contributed by atoms with van der Waals surface area (Å²) in [5, 5.41) is 0. The molecule has 11 heavy (non-hydrogen) atoms. The molecule has 0 bridgehead atoms.